The third kappa shape index (κ3) is 4.72. The Bertz CT molecular complexity index is 786. The van der Waals surface area contributed by atoms with Gasteiger partial charge >= 0.3 is 6.03 Å². The standard InChI is InChI=1S/C15H14N2O4S/c18-15(16-10-9-12-5-2-1-3-6-12)17-13-7-4-8-14(11-13)22(19,20)21/h1-11H,(H2,16,17,18)(H,19,20,21)/b10-9+. The normalized spacial score (nSPS) is 11.3. The third-order valence-electron chi connectivity index (χ3n) is 2.68. The number of carbonyl (C=O) groups excluding carboxylic acids is 1. The predicted octanol–water partition coefficient (Wildman–Crippen LogP) is 2.73. The zero-order valence-corrected chi connectivity index (χ0v) is 12.2. The second kappa shape index (κ2) is 6.88. The van der Waals surface area contributed by atoms with Crippen molar-refractivity contribution in [3.63, 3.8) is 0 Å². The third-order valence-corrected chi connectivity index (χ3v) is 3.53. The SMILES string of the molecule is O=C(N/C=C/c1ccccc1)Nc1cccc(S(=O)(=O)O)c1. The number of benzene rings is 2. The van der Waals surface area contributed by atoms with Crippen LogP contribution in [-0.4, -0.2) is 19.0 Å². The monoisotopic (exact) mass is 318 g/mol. The van der Waals surface area contributed by atoms with Gasteiger partial charge in [0.25, 0.3) is 10.1 Å². The van der Waals surface area contributed by atoms with Gasteiger partial charge in [-0.3, -0.25) is 4.55 Å². The van der Waals surface area contributed by atoms with Gasteiger partial charge in [0.05, 0.1) is 4.90 Å². The van der Waals surface area contributed by atoms with Crippen LogP contribution in [0.2, 0.25) is 0 Å². The molecule has 3 N–H and O–H groups in total. The summed E-state index contributed by atoms with van der Waals surface area (Å²) in [5.74, 6) is 0. The lowest BCUT2D eigenvalue weighted by atomic mass is 10.2. The summed E-state index contributed by atoms with van der Waals surface area (Å²) in [5, 5.41) is 4.96. The molecular weight excluding hydrogens is 304 g/mol. The molecular formula is C15H14N2O4S. The first-order valence-electron chi connectivity index (χ1n) is 6.32. The molecule has 2 amide bonds. The number of urea groups is 1. The van der Waals surface area contributed by atoms with Crippen molar-refractivity contribution in [2.45, 2.75) is 4.90 Å². The predicted molar refractivity (Wildman–Crippen MR) is 83.9 cm³/mol. The first-order chi connectivity index (χ1) is 10.4. The lowest BCUT2D eigenvalue weighted by molar-refractivity contribution is 0.255. The zero-order chi connectivity index (χ0) is 16.0. The molecule has 0 saturated heterocycles. The van der Waals surface area contributed by atoms with Crippen molar-refractivity contribution < 1.29 is 17.8 Å². The molecule has 0 bridgehead atoms. The van der Waals surface area contributed by atoms with Gasteiger partial charge in [-0.05, 0) is 29.8 Å². The van der Waals surface area contributed by atoms with Crippen molar-refractivity contribution in [2.24, 2.45) is 0 Å². The summed E-state index contributed by atoms with van der Waals surface area (Å²) in [4.78, 5) is 11.4. The Hall–Kier alpha value is -2.64. The fourth-order valence-electron chi connectivity index (χ4n) is 1.68. The maximum absolute atomic E-state index is 11.7. The fourth-order valence-corrected chi connectivity index (χ4v) is 2.21. The van der Waals surface area contributed by atoms with Gasteiger partial charge in [-0.2, -0.15) is 8.42 Å². The van der Waals surface area contributed by atoms with Gasteiger partial charge in [-0.15, -0.1) is 0 Å². The topological polar surface area (TPSA) is 95.5 Å². The molecule has 0 spiro atoms. The van der Waals surface area contributed by atoms with Crippen LogP contribution < -0.4 is 10.6 Å². The lowest BCUT2D eigenvalue weighted by Crippen LogP contribution is -2.23. The fraction of sp³-hybridized carbons (Fsp3) is 0. The van der Waals surface area contributed by atoms with Crippen LogP contribution in [0.5, 0.6) is 0 Å². The molecule has 0 unspecified atom stereocenters. The summed E-state index contributed by atoms with van der Waals surface area (Å²) in [7, 11) is -4.30. The summed E-state index contributed by atoms with van der Waals surface area (Å²) in [6.07, 6.45) is 3.19. The van der Waals surface area contributed by atoms with E-state index in [4.69, 9.17) is 4.55 Å². The molecule has 0 aliphatic carbocycles. The highest BCUT2D eigenvalue weighted by Crippen LogP contribution is 2.14. The first kappa shape index (κ1) is 15.7. The summed E-state index contributed by atoms with van der Waals surface area (Å²) in [6, 6.07) is 14.2. The Morgan fingerprint density at radius 2 is 1.77 bits per heavy atom. The Labute approximate surface area is 128 Å². The van der Waals surface area contributed by atoms with Crippen molar-refractivity contribution in [3.05, 3.63) is 66.4 Å². The molecule has 0 heterocycles. The Balaban J connectivity index is 1.97. The molecule has 22 heavy (non-hydrogen) atoms. The molecule has 6 nitrogen and oxygen atoms in total. The van der Waals surface area contributed by atoms with Crippen LogP contribution in [0, 0.1) is 0 Å². The average molecular weight is 318 g/mol. The Kier molecular flexibility index (Phi) is 4.92. The molecule has 0 saturated carbocycles. The van der Waals surface area contributed by atoms with Gasteiger partial charge in [-0.1, -0.05) is 36.4 Å². The lowest BCUT2D eigenvalue weighted by Gasteiger charge is -2.05. The minimum atomic E-state index is -4.30. The highest BCUT2D eigenvalue weighted by molar-refractivity contribution is 7.85. The van der Waals surface area contributed by atoms with Gasteiger partial charge in [0, 0.05) is 11.9 Å². The number of amides is 2. The molecule has 2 rings (SSSR count). The van der Waals surface area contributed by atoms with Gasteiger partial charge < -0.3 is 10.6 Å². The van der Waals surface area contributed by atoms with E-state index >= 15 is 0 Å². The summed E-state index contributed by atoms with van der Waals surface area (Å²) >= 11 is 0. The van der Waals surface area contributed by atoms with E-state index in [1.54, 1.807) is 6.08 Å². The smallest absolute Gasteiger partial charge is 0.314 e. The van der Waals surface area contributed by atoms with E-state index in [1.807, 2.05) is 30.3 Å². The molecule has 0 radical (unpaired) electrons. The molecule has 114 valence electrons. The molecule has 0 fully saturated rings. The quantitative estimate of drug-likeness (QED) is 0.755. The molecule has 0 aromatic heterocycles. The van der Waals surface area contributed by atoms with E-state index in [1.165, 1.54) is 24.4 Å². The van der Waals surface area contributed by atoms with Crippen LogP contribution in [0.25, 0.3) is 6.08 Å². The van der Waals surface area contributed by atoms with Crippen LogP contribution in [0.3, 0.4) is 0 Å². The van der Waals surface area contributed by atoms with E-state index in [2.05, 4.69) is 10.6 Å². The van der Waals surface area contributed by atoms with Crippen molar-refractivity contribution in [3.8, 4) is 0 Å². The van der Waals surface area contributed by atoms with Crippen LogP contribution >= 0.6 is 0 Å². The molecule has 0 atom stereocenters. The minimum absolute atomic E-state index is 0.251. The molecule has 2 aromatic rings. The van der Waals surface area contributed by atoms with Crippen LogP contribution in [-0.2, 0) is 10.1 Å². The number of rotatable bonds is 4. The van der Waals surface area contributed by atoms with Gasteiger partial charge in [0.15, 0.2) is 0 Å². The van der Waals surface area contributed by atoms with Crippen LogP contribution in [0.4, 0.5) is 10.5 Å². The Morgan fingerprint density at radius 3 is 2.45 bits per heavy atom. The van der Waals surface area contributed by atoms with E-state index in [9.17, 15) is 13.2 Å². The van der Waals surface area contributed by atoms with Crippen molar-refractivity contribution >= 4 is 27.9 Å². The van der Waals surface area contributed by atoms with E-state index in [0.717, 1.165) is 11.6 Å². The largest absolute Gasteiger partial charge is 0.323 e. The van der Waals surface area contributed by atoms with Crippen molar-refractivity contribution in [2.75, 3.05) is 5.32 Å². The van der Waals surface area contributed by atoms with Crippen LogP contribution in [0.15, 0.2) is 65.7 Å². The highest BCUT2D eigenvalue weighted by Gasteiger charge is 2.10. The minimum Gasteiger partial charge on any atom is -0.314 e. The number of nitrogens with one attached hydrogen (secondary N) is 2. The molecule has 0 aliphatic heterocycles. The number of hydrogen-bond acceptors (Lipinski definition) is 3. The van der Waals surface area contributed by atoms with E-state index < -0.39 is 16.1 Å². The summed E-state index contributed by atoms with van der Waals surface area (Å²) < 4.78 is 31.0. The van der Waals surface area contributed by atoms with Gasteiger partial charge in [-0.25, -0.2) is 4.79 Å². The van der Waals surface area contributed by atoms with Gasteiger partial charge in [0.2, 0.25) is 0 Å². The van der Waals surface area contributed by atoms with E-state index in [0.29, 0.717) is 0 Å². The number of hydrogen-bond donors (Lipinski definition) is 3. The molecule has 2 aromatic carbocycles. The van der Waals surface area contributed by atoms with Crippen molar-refractivity contribution in [1.82, 2.24) is 5.32 Å². The van der Waals surface area contributed by atoms with Crippen LogP contribution in [0.1, 0.15) is 5.56 Å². The summed E-state index contributed by atoms with van der Waals surface area (Å²) in [6.45, 7) is 0. The van der Waals surface area contributed by atoms with Crippen molar-refractivity contribution in [1.29, 1.82) is 0 Å². The number of carbonyl (C=O) groups is 1. The first-order valence-corrected chi connectivity index (χ1v) is 7.76. The number of anilines is 1. The zero-order valence-electron chi connectivity index (χ0n) is 11.4. The second-order valence-corrected chi connectivity index (χ2v) is 5.77. The maximum atomic E-state index is 11.7. The maximum Gasteiger partial charge on any atom is 0.323 e. The second-order valence-electron chi connectivity index (χ2n) is 4.35. The molecule has 7 heteroatoms. The summed E-state index contributed by atoms with van der Waals surface area (Å²) in [5.41, 5.74) is 1.18. The average Bonchev–Trinajstić information content (AvgIpc) is 2.48. The Morgan fingerprint density at radius 1 is 1.05 bits per heavy atom. The van der Waals surface area contributed by atoms with Gasteiger partial charge in [0.1, 0.15) is 0 Å². The molecule has 0 aliphatic rings. The van der Waals surface area contributed by atoms with E-state index in [-0.39, 0.29) is 10.6 Å². The highest BCUT2D eigenvalue weighted by atomic mass is 32.2.